The summed E-state index contributed by atoms with van der Waals surface area (Å²) >= 11 is 12.1. The van der Waals surface area contributed by atoms with Gasteiger partial charge in [0.1, 0.15) is 39.2 Å². The summed E-state index contributed by atoms with van der Waals surface area (Å²) in [5.74, 6) is -0.326. The molecule has 0 unspecified atom stereocenters. The van der Waals surface area contributed by atoms with Gasteiger partial charge in [-0.2, -0.15) is 0 Å². The van der Waals surface area contributed by atoms with Crippen LogP contribution in [0.4, 0.5) is 4.39 Å². The van der Waals surface area contributed by atoms with E-state index in [1.165, 1.54) is 17.7 Å². The van der Waals surface area contributed by atoms with Crippen molar-refractivity contribution in [3.63, 3.8) is 0 Å². The number of nitrogens with zero attached hydrogens (tertiary/aromatic N) is 13. The first-order chi connectivity index (χ1) is 67.6. The highest BCUT2D eigenvalue weighted by Crippen LogP contribution is 2.46. The fourth-order valence-corrected chi connectivity index (χ4v) is 20.5. The van der Waals surface area contributed by atoms with Crippen LogP contribution >= 0.6 is 23.2 Å². The minimum atomic E-state index is -0.955. The molecule has 32 heteroatoms. The molecular weight excluding hydrogens is 1880 g/mol. The van der Waals surface area contributed by atoms with E-state index in [0.29, 0.717) is 164 Å². The molecule has 0 radical (unpaired) electrons. The van der Waals surface area contributed by atoms with E-state index < -0.39 is 33.4 Å². The molecule has 4 saturated heterocycles. The summed E-state index contributed by atoms with van der Waals surface area (Å²) in [5.41, 5.74) is 11.4. The molecule has 13 heterocycles. The second-order valence-corrected chi connectivity index (χ2v) is 47.6. The Hall–Kier alpha value is -13.0. The van der Waals surface area contributed by atoms with Crippen molar-refractivity contribution in [3.8, 4) is 45.0 Å². The van der Waals surface area contributed by atoms with Crippen molar-refractivity contribution in [1.82, 2.24) is 74.7 Å². The third-order valence-electron chi connectivity index (χ3n) is 28.4. The number of aryl methyl sites for hydroxylation is 2. The number of carbonyl (C=O) groups is 8. The Morgan fingerprint density at radius 3 is 0.966 bits per heavy atom. The van der Waals surface area contributed by atoms with E-state index in [1.807, 2.05) is 123 Å². The van der Waals surface area contributed by atoms with Gasteiger partial charge in [-0.25, -0.2) is 29.3 Å². The van der Waals surface area contributed by atoms with Crippen molar-refractivity contribution in [2.24, 2.45) is 11.8 Å². The Morgan fingerprint density at radius 2 is 0.676 bits per heavy atom. The second kappa shape index (κ2) is 38.7. The molecule has 4 aromatic carbocycles. The minimum absolute atomic E-state index is 0.0641. The average Bonchev–Trinajstić information content (AvgIpc) is 1.65. The van der Waals surface area contributed by atoms with Gasteiger partial charge in [0.05, 0.1) is 50.6 Å². The molecule has 8 amide bonds. The molecule has 13 aromatic rings. The van der Waals surface area contributed by atoms with Gasteiger partial charge >= 0.3 is 0 Å². The zero-order chi connectivity index (χ0) is 105. The van der Waals surface area contributed by atoms with Gasteiger partial charge in [0.2, 0.25) is 23.5 Å². The summed E-state index contributed by atoms with van der Waals surface area (Å²) in [4.78, 5) is 141. The number of benzene rings is 4. The smallest absolute Gasteiger partial charge is 0.293 e. The predicted molar refractivity (Wildman–Crippen MR) is 558 cm³/mol. The van der Waals surface area contributed by atoms with Crippen LogP contribution in [0, 0.1) is 31.5 Å². The molecule has 4 N–H and O–H groups in total. The number of nitrogens with one attached hydrogen (secondary N) is 2. The number of furan rings is 4. The van der Waals surface area contributed by atoms with Gasteiger partial charge in [-0.15, -0.1) is 5.10 Å². The Bertz CT molecular complexity index is 6970. The molecule has 0 spiro atoms. The highest BCUT2D eigenvalue weighted by Gasteiger charge is 2.51. The van der Waals surface area contributed by atoms with Crippen LogP contribution in [0.3, 0.4) is 0 Å². The lowest BCUT2D eigenvalue weighted by molar-refractivity contribution is -0.153. The van der Waals surface area contributed by atoms with Crippen LogP contribution in [0.5, 0.6) is 0 Å². The van der Waals surface area contributed by atoms with Crippen LogP contribution in [0.2, 0.25) is 10.0 Å². The lowest BCUT2D eigenvalue weighted by atomic mass is 9.71. The lowest BCUT2D eigenvalue weighted by Crippen LogP contribution is -2.63. The van der Waals surface area contributed by atoms with E-state index in [9.17, 15) is 53.0 Å². The number of H-pyrrole nitrogens is 1. The lowest BCUT2D eigenvalue weighted by Gasteiger charge is -2.49. The van der Waals surface area contributed by atoms with Gasteiger partial charge < -0.3 is 67.5 Å². The normalized spacial score (nSPS) is 19.9. The SMILES string of the molecule is CC(C)(C)c1cc(-c2ccc(Cl)cc2)nc2cc(C(=O)N3CCNC(=O)C3(C)C)oc12.CC1(O)CC(C(=O)N2CCN(C(=O)c3cc4nc(-c5ccc(Cl)cc5)cc(C(C)(C)C)c4o3)C(C)(C)C2)C1.Cc1ccc(-c2cc(C(C)(C)C)c3oc(C(=O)N4CCN(C(=O)C5CC(C)(O)C5)CC4(C)C)cc3n2)cc1.Cc1nc(C(=O)N2CCN(C(=O)c3cc4nc(-c5ccc(F)cc5)cc(C(C)(C)C)c4o3)C(C)(C)C2)n[nH]1. The number of hydrogen-bond acceptors (Lipinski definition) is 20. The summed E-state index contributed by atoms with van der Waals surface area (Å²) in [7, 11) is 0. The number of carbonyl (C=O) groups excluding carboxylic acids is 8. The number of halogens is 3. The number of aromatic nitrogens is 7. The number of rotatable bonds is 11. The number of hydrogen-bond donors (Lipinski definition) is 4. The van der Waals surface area contributed by atoms with Gasteiger partial charge in [0.15, 0.2) is 45.4 Å². The third-order valence-corrected chi connectivity index (χ3v) is 28.9. The van der Waals surface area contributed by atoms with Gasteiger partial charge in [0, 0.05) is 163 Å². The van der Waals surface area contributed by atoms with Crippen molar-refractivity contribution in [1.29, 1.82) is 0 Å². The maximum absolute atomic E-state index is 13.8. The van der Waals surface area contributed by atoms with E-state index in [1.54, 1.807) is 90.6 Å². The van der Waals surface area contributed by atoms with E-state index in [-0.39, 0.29) is 115 Å². The summed E-state index contributed by atoms with van der Waals surface area (Å²) in [6.45, 7) is 52.2. The summed E-state index contributed by atoms with van der Waals surface area (Å²) in [6.07, 6.45) is 1.98. The summed E-state index contributed by atoms with van der Waals surface area (Å²) in [5, 5.41) is 30.9. The van der Waals surface area contributed by atoms with Gasteiger partial charge in [-0.05, 0) is 203 Å². The Balaban J connectivity index is 0.000000139. The second-order valence-electron chi connectivity index (χ2n) is 46.7. The largest absolute Gasteiger partial charge is 0.449 e. The van der Waals surface area contributed by atoms with E-state index in [0.717, 1.165) is 61.6 Å². The molecule has 2 saturated carbocycles. The molecule has 9 aromatic heterocycles. The monoisotopic (exact) mass is 2010 g/mol. The van der Waals surface area contributed by atoms with Gasteiger partial charge in [0.25, 0.3) is 29.5 Å². The van der Waals surface area contributed by atoms with Crippen LogP contribution < -0.4 is 5.32 Å². The number of aliphatic hydroxyl groups is 2. The molecule has 19 rings (SSSR count). The van der Waals surface area contributed by atoms with Crippen molar-refractivity contribution < 1.29 is 70.6 Å². The molecule has 2 aliphatic carbocycles. The van der Waals surface area contributed by atoms with Gasteiger partial charge in [-0.3, -0.25) is 43.5 Å². The van der Waals surface area contributed by atoms with Gasteiger partial charge in [-0.1, -0.05) is 160 Å². The fraction of sp³-hybridized carbons (Fsp3) is 0.451. The van der Waals surface area contributed by atoms with Crippen LogP contribution in [0.25, 0.3) is 89.4 Å². The zero-order valence-electron chi connectivity index (χ0n) is 87.4. The standard InChI is InChI=1S/C31H39N3O4.C30H36ClN3O4.C28H31FN6O3.C24H26ClN3O3/c1-19-8-10-20(11-9-19)23-14-22(29(2,3)4)26-24(32-23)15-25(38-26)28(36)34-13-12-33(18-30(34,5)6)27(35)21-16-31(7,37)17-21;1-28(2,3)21-13-22(18-7-9-20(31)10-8-18)32-23-14-24(38-25(21)23)27(36)34-12-11-33(17-29(34,4)5)26(35)19-15-30(6,37)16-19;1-16-30-24(33-32-16)26(37)34-11-12-35(28(5,6)15-34)25(36)22-14-21-23(38-22)19(27(2,3)4)13-20(31-21)17-7-9-18(29)10-8-17;1-23(2,3)16-12-17(14-6-8-15(25)9-7-14)27-18-13-19(31-20(16)18)21(29)28-11-10-26-22(30)24(28,4)5/h8-11,14-15,21,37H,12-13,16-18H2,1-7H3;7-10,13-14,19,37H,11-12,15-17H2,1-6H3;7-10,13-14H,11-12,15H2,1-6H3,(H,30,32,33);6-9,12-13H,10-11H2,1-5H3,(H,26,30). The third kappa shape index (κ3) is 22.1. The number of aromatic amines is 1. The Kier molecular flexibility index (Phi) is 28.0. The molecule has 145 heavy (non-hydrogen) atoms. The molecule has 0 bridgehead atoms. The number of fused-ring (bicyclic) bond motifs is 4. The minimum Gasteiger partial charge on any atom is -0.449 e. The van der Waals surface area contributed by atoms with Crippen molar-refractivity contribution in [2.75, 3.05) is 72.0 Å². The predicted octanol–water partition coefficient (Wildman–Crippen LogP) is 20.5. The molecule has 6 fully saturated rings. The molecule has 29 nitrogen and oxygen atoms in total. The Morgan fingerprint density at radius 1 is 0.386 bits per heavy atom. The number of pyridine rings is 4. The van der Waals surface area contributed by atoms with Crippen LogP contribution in [-0.4, -0.2) is 232 Å². The maximum Gasteiger partial charge on any atom is 0.293 e. The fourth-order valence-electron chi connectivity index (χ4n) is 20.3. The van der Waals surface area contributed by atoms with E-state index in [2.05, 4.69) is 141 Å². The first-order valence-corrected chi connectivity index (χ1v) is 50.3. The molecule has 764 valence electrons. The molecule has 0 atom stereocenters. The molecule has 6 aliphatic rings. The number of amides is 8. The number of piperazine rings is 4. The maximum atomic E-state index is 13.8. The van der Waals surface area contributed by atoms with Crippen molar-refractivity contribution in [3.05, 3.63) is 224 Å². The Labute approximate surface area is 854 Å². The van der Waals surface area contributed by atoms with Crippen molar-refractivity contribution in [2.45, 2.75) is 247 Å². The van der Waals surface area contributed by atoms with E-state index >= 15 is 0 Å². The van der Waals surface area contributed by atoms with Crippen LogP contribution in [0.15, 0.2) is 163 Å². The first-order valence-electron chi connectivity index (χ1n) is 49.5. The van der Waals surface area contributed by atoms with Crippen molar-refractivity contribution >= 4 is 115 Å². The highest BCUT2D eigenvalue weighted by molar-refractivity contribution is 6.31. The quantitative estimate of drug-likeness (QED) is 0.0934. The van der Waals surface area contributed by atoms with E-state index in [4.69, 9.17) is 60.8 Å². The summed E-state index contributed by atoms with van der Waals surface area (Å²) < 4.78 is 38.2. The first kappa shape index (κ1) is 105. The molecular formula is C113H132Cl2FN15O14. The van der Waals surface area contributed by atoms with Crippen LogP contribution in [0.1, 0.15) is 264 Å². The highest BCUT2D eigenvalue weighted by atomic mass is 35.5. The average molecular weight is 2010 g/mol. The topological polar surface area (TPSA) is 357 Å². The van der Waals surface area contributed by atoms with Crippen LogP contribution in [-0.2, 0) is 36.0 Å². The molecule has 4 aliphatic heterocycles. The summed E-state index contributed by atoms with van der Waals surface area (Å²) in [6, 6.07) is 44.3. The zero-order valence-corrected chi connectivity index (χ0v) is 88.9.